The van der Waals surface area contributed by atoms with Crippen LogP contribution in [0.2, 0.25) is 0 Å². The first-order valence-electron chi connectivity index (χ1n) is 21.9. The SMILES string of the molecule is c1ccc(-c2cccc(-n3c4ccccc4c4cc(-c5ccc6c(c5)c5cc7c(cc5n6-c5ccccc5)C5(c6ccccc6-c6ccccc65)c5ccccc5-7)ccc43)c2)cc1. The van der Waals surface area contributed by atoms with Crippen molar-refractivity contribution in [3.8, 4) is 55.9 Å². The molecule has 2 aliphatic carbocycles. The Morgan fingerprint density at radius 3 is 1.37 bits per heavy atom. The molecule has 14 rings (SSSR count). The maximum absolute atomic E-state index is 2.53. The Kier molecular flexibility index (Phi) is 7.07. The predicted molar refractivity (Wildman–Crippen MR) is 262 cm³/mol. The highest BCUT2D eigenvalue weighted by molar-refractivity contribution is 6.14. The van der Waals surface area contributed by atoms with Gasteiger partial charge in [-0.3, -0.25) is 0 Å². The minimum absolute atomic E-state index is 0.409. The number of para-hydroxylation sites is 2. The Morgan fingerprint density at radius 1 is 0.238 bits per heavy atom. The van der Waals surface area contributed by atoms with Crippen LogP contribution in [0.3, 0.4) is 0 Å². The molecule has 0 amide bonds. The molecule has 2 aromatic heterocycles. The van der Waals surface area contributed by atoms with Crippen LogP contribution in [0.25, 0.3) is 99.5 Å². The summed E-state index contributed by atoms with van der Waals surface area (Å²) in [6.07, 6.45) is 0. The average Bonchev–Trinajstić information content (AvgIpc) is 4.05. The van der Waals surface area contributed by atoms with Gasteiger partial charge in [-0.05, 0) is 133 Å². The normalized spacial score (nSPS) is 13.2. The van der Waals surface area contributed by atoms with Crippen LogP contribution in [0.5, 0.6) is 0 Å². The topological polar surface area (TPSA) is 9.86 Å². The molecule has 0 radical (unpaired) electrons. The second-order valence-corrected chi connectivity index (χ2v) is 17.2. The average molecular weight is 799 g/mol. The lowest BCUT2D eigenvalue weighted by molar-refractivity contribution is 0.794. The maximum Gasteiger partial charge on any atom is 0.0726 e. The first kappa shape index (κ1) is 34.5. The van der Waals surface area contributed by atoms with Crippen molar-refractivity contribution in [3.05, 3.63) is 253 Å². The maximum atomic E-state index is 2.53. The number of rotatable bonds is 4. The van der Waals surface area contributed by atoms with Gasteiger partial charge in [-0.15, -0.1) is 0 Å². The van der Waals surface area contributed by atoms with E-state index in [-0.39, 0.29) is 0 Å². The number of hydrogen-bond acceptors (Lipinski definition) is 0. The zero-order valence-electron chi connectivity index (χ0n) is 34.3. The molecule has 2 heteroatoms. The molecule has 2 aliphatic rings. The zero-order chi connectivity index (χ0) is 41.2. The van der Waals surface area contributed by atoms with Crippen LogP contribution in [0.4, 0.5) is 0 Å². The molecular weight excluding hydrogens is 761 g/mol. The summed E-state index contributed by atoms with van der Waals surface area (Å²) >= 11 is 0. The number of benzene rings is 10. The highest BCUT2D eigenvalue weighted by atomic mass is 15.0. The Hall–Kier alpha value is -8.20. The highest BCUT2D eigenvalue weighted by Crippen LogP contribution is 2.63. The number of nitrogens with zero attached hydrogens (tertiary/aromatic N) is 2. The molecular formula is C61H38N2. The summed E-state index contributed by atoms with van der Waals surface area (Å²) in [5.41, 5.74) is 22.3. The smallest absolute Gasteiger partial charge is 0.0726 e. The third-order valence-corrected chi connectivity index (χ3v) is 14.1. The Morgan fingerprint density at radius 2 is 0.698 bits per heavy atom. The minimum atomic E-state index is -0.409. The van der Waals surface area contributed by atoms with Crippen LogP contribution in [-0.2, 0) is 5.41 Å². The molecule has 10 aromatic carbocycles. The lowest BCUT2D eigenvalue weighted by Crippen LogP contribution is -2.25. The van der Waals surface area contributed by atoms with Gasteiger partial charge in [0.05, 0.1) is 27.5 Å². The largest absolute Gasteiger partial charge is 0.309 e. The van der Waals surface area contributed by atoms with Crippen molar-refractivity contribution in [3.63, 3.8) is 0 Å². The lowest BCUT2D eigenvalue weighted by atomic mass is 9.70. The van der Waals surface area contributed by atoms with Crippen molar-refractivity contribution >= 4 is 43.6 Å². The summed E-state index contributed by atoms with van der Waals surface area (Å²) in [7, 11) is 0. The molecule has 0 saturated carbocycles. The van der Waals surface area contributed by atoms with Gasteiger partial charge in [0.25, 0.3) is 0 Å². The summed E-state index contributed by atoms with van der Waals surface area (Å²) in [5, 5.41) is 5.01. The summed E-state index contributed by atoms with van der Waals surface area (Å²) in [6.45, 7) is 0. The molecule has 0 fully saturated rings. The molecule has 0 bridgehead atoms. The van der Waals surface area contributed by atoms with Gasteiger partial charge in [0.1, 0.15) is 0 Å². The predicted octanol–water partition coefficient (Wildman–Crippen LogP) is 15.6. The second-order valence-electron chi connectivity index (χ2n) is 17.2. The fourth-order valence-electron chi connectivity index (χ4n) is 11.5. The van der Waals surface area contributed by atoms with Crippen LogP contribution < -0.4 is 0 Å². The van der Waals surface area contributed by atoms with E-state index in [1.165, 1.54) is 110 Å². The quantitative estimate of drug-likeness (QED) is 0.168. The van der Waals surface area contributed by atoms with Gasteiger partial charge in [0.2, 0.25) is 0 Å². The molecule has 2 nitrogen and oxygen atoms in total. The molecule has 63 heavy (non-hydrogen) atoms. The highest BCUT2D eigenvalue weighted by Gasteiger charge is 2.51. The van der Waals surface area contributed by atoms with Gasteiger partial charge in [-0.2, -0.15) is 0 Å². The third-order valence-electron chi connectivity index (χ3n) is 14.1. The van der Waals surface area contributed by atoms with E-state index in [9.17, 15) is 0 Å². The zero-order valence-corrected chi connectivity index (χ0v) is 34.3. The fraction of sp³-hybridized carbons (Fsp3) is 0.0164. The Labute approximate surface area is 365 Å². The van der Waals surface area contributed by atoms with E-state index in [2.05, 4.69) is 240 Å². The molecule has 0 saturated heterocycles. The van der Waals surface area contributed by atoms with Crippen LogP contribution >= 0.6 is 0 Å². The van der Waals surface area contributed by atoms with Gasteiger partial charge >= 0.3 is 0 Å². The van der Waals surface area contributed by atoms with Crippen LogP contribution in [0.15, 0.2) is 231 Å². The fourth-order valence-corrected chi connectivity index (χ4v) is 11.5. The molecule has 292 valence electrons. The van der Waals surface area contributed by atoms with Crippen LogP contribution in [0.1, 0.15) is 22.3 Å². The Bertz CT molecular complexity index is 3800. The molecule has 2 heterocycles. The van der Waals surface area contributed by atoms with Gasteiger partial charge in [-0.25, -0.2) is 0 Å². The standard InChI is InChI=1S/C61H38N2/c1-3-16-39(17-4-1)40-18-15-21-44(34-40)63-57-29-14-10-25-48(57)50-35-41(30-32-58(50)63)42-31-33-59-51(36-42)52-37-49-47-24-9-13-28-55(47)61(56(49)38-60(52)62(59)43-19-5-2-6-20-43)53-26-11-7-22-45(53)46-23-8-12-27-54(46)61/h1-38H. The summed E-state index contributed by atoms with van der Waals surface area (Å²) < 4.78 is 4.91. The van der Waals surface area contributed by atoms with Crippen molar-refractivity contribution in [2.24, 2.45) is 0 Å². The lowest BCUT2D eigenvalue weighted by Gasteiger charge is -2.30. The summed E-state index contributed by atoms with van der Waals surface area (Å²) in [4.78, 5) is 0. The first-order valence-corrected chi connectivity index (χ1v) is 21.9. The van der Waals surface area contributed by atoms with E-state index in [4.69, 9.17) is 0 Å². The third kappa shape index (κ3) is 4.67. The number of aromatic nitrogens is 2. The first-order chi connectivity index (χ1) is 31.3. The number of fused-ring (bicyclic) bond motifs is 16. The van der Waals surface area contributed by atoms with Gasteiger partial charge in [0.15, 0.2) is 0 Å². The van der Waals surface area contributed by atoms with E-state index in [1.807, 2.05) is 0 Å². The Balaban J connectivity index is 0.998. The van der Waals surface area contributed by atoms with E-state index >= 15 is 0 Å². The number of hydrogen-bond donors (Lipinski definition) is 0. The van der Waals surface area contributed by atoms with E-state index in [0.717, 1.165) is 11.4 Å². The van der Waals surface area contributed by atoms with Crippen LogP contribution in [-0.4, -0.2) is 9.13 Å². The molecule has 0 atom stereocenters. The summed E-state index contributed by atoms with van der Waals surface area (Å²) in [6, 6.07) is 85.7. The van der Waals surface area contributed by atoms with Gasteiger partial charge < -0.3 is 9.13 Å². The van der Waals surface area contributed by atoms with E-state index in [0.29, 0.717) is 0 Å². The van der Waals surface area contributed by atoms with Gasteiger partial charge in [-0.1, -0.05) is 164 Å². The van der Waals surface area contributed by atoms with Crippen molar-refractivity contribution in [2.75, 3.05) is 0 Å². The summed E-state index contributed by atoms with van der Waals surface area (Å²) in [5.74, 6) is 0. The van der Waals surface area contributed by atoms with Crippen molar-refractivity contribution < 1.29 is 0 Å². The molecule has 0 aliphatic heterocycles. The minimum Gasteiger partial charge on any atom is -0.309 e. The molecule has 0 unspecified atom stereocenters. The van der Waals surface area contributed by atoms with E-state index in [1.54, 1.807) is 0 Å². The monoisotopic (exact) mass is 798 g/mol. The van der Waals surface area contributed by atoms with E-state index < -0.39 is 5.41 Å². The molecule has 12 aromatic rings. The van der Waals surface area contributed by atoms with Crippen molar-refractivity contribution in [1.82, 2.24) is 9.13 Å². The molecule has 1 spiro atoms. The second kappa shape index (κ2) is 12.9. The van der Waals surface area contributed by atoms with Crippen LogP contribution in [0, 0.1) is 0 Å². The molecule has 0 N–H and O–H groups in total. The van der Waals surface area contributed by atoms with Crippen molar-refractivity contribution in [1.29, 1.82) is 0 Å². The van der Waals surface area contributed by atoms with Crippen molar-refractivity contribution in [2.45, 2.75) is 5.41 Å². The van der Waals surface area contributed by atoms with Gasteiger partial charge in [0, 0.05) is 32.9 Å².